The van der Waals surface area contributed by atoms with Crippen LogP contribution in [0.4, 0.5) is 5.69 Å². The van der Waals surface area contributed by atoms with Gasteiger partial charge in [0.25, 0.3) is 5.91 Å². The first-order valence-electron chi connectivity index (χ1n) is 7.28. The summed E-state index contributed by atoms with van der Waals surface area (Å²) in [4.78, 5) is 26.8. The summed E-state index contributed by atoms with van der Waals surface area (Å²) in [7, 11) is 0. The number of nitrogens with one attached hydrogen (secondary N) is 1. The Hall–Kier alpha value is -2.14. The molecule has 0 atom stereocenters. The van der Waals surface area contributed by atoms with Crippen molar-refractivity contribution >= 4 is 28.8 Å². The monoisotopic (exact) mass is 314 g/mol. The molecule has 0 unspecified atom stereocenters. The van der Waals surface area contributed by atoms with Crippen LogP contribution < -0.4 is 10.2 Å². The number of carbonyl (C=O) groups excluding carboxylic acids is 2. The molecule has 1 aromatic heterocycles. The highest BCUT2D eigenvalue weighted by atomic mass is 32.1. The average molecular weight is 314 g/mol. The van der Waals surface area contributed by atoms with E-state index in [1.807, 2.05) is 24.4 Å². The van der Waals surface area contributed by atoms with E-state index in [1.54, 1.807) is 29.2 Å². The Morgan fingerprint density at radius 1 is 1.32 bits per heavy atom. The van der Waals surface area contributed by atoms with Crippen molar-refractivity contribution in [2.45, 2.75) is 26.8 Å². The minimum atomic E-state index is -0.0723. The molecular weight excluding hydrogens is 296 g/mol. The quantitative estimate of drug-likeness (QED) is 0.947. The number of amides is 2. The molecule has 1 aliphatic rings. The third-order valence-electron chi connectivity index (χ3n) is 4.00. The number of carbonyl (C=O) groups is 2. The van der Waals surface area contributed by atoms with Crippen LogP contribution >= 0.6 is 11.3 Å². The van der Waals surface area contributed by atoms with Gasteiger partial charge in [-0.2, -0.15) is 0 Å². The number of thiophene rings is 1. The summed E-state index contributed by atoms with van der Waals surface area (Å²) in [5.74, 6) is -0.0269. The molecule has 5 heteroatoms. The van der Waals surface area contributed by atoms with Gasteiger partial charge in [-0.25, -0.2) is 0 Å². The Morgan fingerprint density at radius 2 is 2.14 bits per heavy atom. The van der Waals surface area contributed by atoms with Crippen molar-refractivity contribution in [1.29, 1.82) is 0 Å². The predicted molar refractivity (Wildman–Crippen MR) is 88.4 cm³/mol. The topological polar surface area (TPSA) is 49.4 Å². The lowest BCUT2D eigenvalue weighted by Crippen LogP contribution is -2.26. The van der Waals surface area contributed by atoms with Gasteiger partial charge in [0, 0.05) is 29.6 Å². The van der Waals surface area contributed by atoms with Gasteiger partial charge in [0.1, 0.15) is 0 Å². The second-order valence-corrected chi connectivity index (χ2v) is 6.47. The molecule has 0 spiro atoms. The van der Waals surface area contributed by atoms with Crippen LogP contribution in [0.25, 0.3) is 0 Å². The molecule has 0 saturated heterocycles. The van der Waals surface area contributed by atoms with Gasteiger partial charge in [-0.05, 0) is 54.1 Å². The minimum absolute atomic E-state index is 0.0455. The lowest BCUT2D eigenvalue weighted by Gasteiger charge is -2.14. The van der Waals surface area contributed by atoms with Gasteiger partial charge < -0.3 is 10.2 Å². The second-order valence-electron chi connectivity index (χ2n) is 5.47. The molecule has 0 saturated carbocycles. The summed E-state index contributed by atoms with van der Waals surface area (Å²) in [5.41, 5.74) is 3.85. The van der Waals surface area contributed by atoms with E-state index in [9.17, 15) is 9.59 Å². The summed E-state index contributed by atoms with van der Waals surface area (Å²) in [6.07, 6.45) is 0.806. The van der Waals surface area contributed by atoms with Crippen molar-refractivity contribution in [1.82, 2.24) is 5.32 Å². The van der Waals surface area contributed by atoms with E-state index in [0.29, 0.717) is 18.7 Å². The van der Waals surface area contributed by atoms with E-state index in [4.69, 9.17) is 0 Å². The largest absolute Gasteiger partial charge is 0.347 e. The number of hydrogen-bond donors (Lipinski definition) is 1. The highest BCUT2D eigenvalue weighted by molar-refractivity contribution is 7.10. The van der Waals surface area contributed by atoms with E-state index in [0.717, 1.165) is 17.7 Å². The third kappa shape index (κ3) is 2.76. The smallest absolute Gasteiger partial charge is 0.251 e. The van der Waals surface area contributed by atoms with E-state index in [2.05, 4.69) is 11.4 Å². The number of benzene rings is 1. The standard InChI is InChI=1S/C17H18N2O2S/c1-11-6-8-22-16(11)10-18-17(21)14-3-4-15-13(9-14)5-7-19(15)12(2)20/h3-4,6,8-9H,5,7,10H2,1-2H3,(H,18,21). The summed E-state index contributed by atoms with van der Waals surface area (Å²) < 4.78 is 0. The van der Waals surface area contributed by atoms with Gasteiger partial charge in [0.2, 0.25) is 5.91 Å². The van der Waals surface area contributed by atoms with Gasteiger partial charge >= 0.3 is 0 Å². The number of anilines is 1. The molecule has 0 aliphatic carbocycles. The zero-order valence-corrected chi connectivity index (χ0v) is 13.5. The molecule has 1 N–H and O–H groups in total. The van der Waals surface area contributed by atoms with Gasteiger partial charge in [0.05, 0.1) is 6.54 Å². The summed E-state index contributed by atoms with van der Waals surface area (Å²) >= 11 is 1.65. The molecule has 2 aromatic rings. The summed E-state index contributed by atoms with van der Waals surface area (Å²) in [6.45, 7) is 4.87. The highest BCUT2D eigenvalue weighted by Gasteiger charge is 2.23. The fraction of sp³-hybridized carbons (Fsp3) is 0.294. The number of aryl methyl sites for hydroxylation is 1. The zero-order valence-electron chi connectivity index (χ0n) is 12.7. The maximum atomic E-state index is 12.3. The molecular formula is C17H18N2O2S. The molecule has 0 bridgehead atoms. The SMILES string of the molecule is CC(=O)N1CCc2cc(C(=O)NCc3sccc3C)ccc21. The maximum Gasteiger partial charge on any atom is 0.251 e. The van der Waals surface area contributed by atoms with Crippen molar-refractivity contribution in [2.24, 2.45) is 0 Å². The Kier molecular flexibility index (Phi) is 3.98. The second kappa shape index (κ2) is 5.93. The molecule has 1 aromatic carbocycles. The zero-order chi connectivity index (χ0) is 15.7. The van der Waals surface area contributed by atoms with Gasteiger partial charge in [-0.1, -0.05) is 0 Å². The lowest BCUT2D eigenvalue weighted by atomic mass is 10.1. The number of nitrogens with zero attached hydrogens (tertiary/aromatic N) is 1. The van der Waals surface area contributed by atoms with Gasteiger partial charge in [-0.3, -0.25) is 9.59 Å². The van der Waals surface area contributed by atoms with Crippen LogP contribution in [0.2, 0.25) is 0 Å². The van der Waals surface area contributed by atoms with Crippen molar-refractivity contribution in [3.8, 4) is 0 Å². The van der Waals surface area contributed by atoms with E-state index < -0.39 is 0 Å². The third-order valence-corrected chi connectivity index (χ3v) is 5.02. The van der Waals surface area contributed by atoms with Crippen LogP contribution in [0.1, 0.15) is 33.3 Å². The van der Waals surface area contributed by atoms with Crippen molar-refractivity contribution in [3.63, 3.8) is 0 Å². The van der Waals surface area contributed by atoms with Gasteiger partial charge in [0.15, 0.2) is 0 Å². The van der Waals surface area contributed by atoms with Crippen molar-refractivity contribution < 1.29 is 9.59 Å². The Bertz CT molecular complexity index is 736. The normalized spacial score (nSPS) is 13.1. The first-order chi connectivity index (χ1) is 10.6. The molecule has 4 nitrogen and oxygen atoms in total. The maximum absolute atomic E-state index is 12.3. The number of rotatable bonds is 3. The molecule has 3 rings (SSSR count). The molecule has 0 radical (unpaired) electrons. The van der Waals surface area contributed by atoms with Crippen LogP contribution in [0.5, 0.6) is 0 Å². The van der Waals surface area contributed by atoms with Crippen LogP contribution in [0.3, 0.4) is 0 Å². The fourth-order valence-corrected chi connectivity index (χ4v) is 3.56. The van der Waals surface area contributed by atoms with Crippen LogP contribution in [-0.4, -0.2) is 18.4 Å². The molecule has 1 aliphatic heterocycles. The van der Waals surface area contributed by atoms with Crippen molar-refractivity contribution in [3.05, 3.63) is 51.2 Å². The Labute approximate surface area is 133 Å². The molecule has 2 amide bonds. The Morgan fingerprint density at radius 3 is 2.82 bits per heavy atom. The van der Waals surface area contributed by atoms with E-state index in [1.165, 1.54) is 10.4 Å². The predicted octanol–water partition coefficient (Wildman–Crippen LogP) is 2.90. The highest BCUT2D eigenvalue weighted by Crippen LogP contribution is 2.28. The minimum Gasteiger partial charge on any atom is -0.347 e. The van der Waals surface area contributed by atoms with E-state index >= 15 is 0 Å². The fourth-order valence-electron chi connectivity index (χ4n) is 2.72. The summed E-state index contributed by atoms with van der Waals surface area (Å²) in [5, 5.41) is 4.99. The first kappa shape index (κ1) is 14.8. The molecule has 114 valence electrons. The number of hydrogen-bond acceptors (Lipinski definition) is 3. The lowest BCUT2D eigenvalue weighted by molar-refractivity contribution is -0.116. The van der Waals surface area contributed by atoms with Crippen LogP contribution in [0, 0.1) is 6.92 Å². The van der Waals surface area contributed by atoms with Crippen molar-refractivity contribution in [2.75, 3.05) is 11.4 Å². The van der Waals surface area contributed by atoms with Crippen LogP contribution in [0.15, 0.2) is 29.6 Å². The first-order valence-corrected chi connectivity index (χ1v) is 8.16. The van der Waals surface area contributed by atoms with Gasteiger partial charge in [-0.15, -0.1) is 11.3 Å². The molecule has 22 heavy (non-hydrogen) atoms. The molecule has 0 fully saturated rings. The number of fused-ring (bicyclic) bond motifs is 1. The average Bonchev–Trinajstić information content (AvgIpc) is 3.10. The molecule has 2 heterocycles. The summed E-state index contributed by atoms with van der Waals surface area (Å²) in [6, 6.07) is 7.61. The van der Waals surface area contributed by atoms with Crippen LogP contribution in [-0.2, 0) is 17.8 Å². The van der Waals surface area contributed by atoms with E-state index in [-0.39, 0.29) is 11.8 Å². The Balaban J connectivity index is 1.72.